The highest BCUT2D eigenvalue weighted by molar-refractivity contribution is 5.06. The van der Waals surface area contributed by atoms with E-state index in [1.165, 1.54) is 0 Å². The van der Waals surface area contributed by atoms with Crippen LogP contribution in [0.4, 0.5) is 0 Å². The van der Waals surface area contributed by atoms with Crippen LogP contribution in [0.1, 0.15) is 26.0 Å². The van der Waals surface area contributed by atoms with Gasteiger partial charge in [0.25, 0.3) is 0 Å². The van der Waals surface area contributed by atoms with Gasteiger partial charge in [0.2, 0.25) is 0 Å². The zero-order valence-electron chi connectivity index (χ0n) is 9.62. The lowest BCUT2D eigenvalue weighted by Crippen LogP contribution is -2.45. The maximum absolute atomic E-state index is 9.15. The fraction of sp³-hybridized carbons (Fsp3) is 0.636. The zero-order valence-corrected chi connectivity index (χ0v) is 9.62. The first-order valence-corrected chi connectivity index (χ1v) is 5.26. The Hall–Kier alpha value is -1.34. The molecule has 0 aliphatic heterocycles. The second-order valence-corrected chi connectivity index (χ2v) is 4.00. The number of aromatic nitrogens is 2. The summed E-state index contributed by atoms with van der Waals surface area (Å²) in [6, 6.07) is 4.25. The summed E-state index contributed by atoms with van der Waals surface area (Å²) in [5, 5.41) is 16.6. The summed E-state index contributed by atoms with van der Waals surface area (Å²) >= 11 is 0. The van der Waals surface area contributed by atoms with E-state index in [4.69, 9.17) is 5.26 Å². The van der Waals surface area contributed by atoms with Crippen molar-refractivity contribution in [1.29, 1.82) is 5.26 Å². The number of nitriles is 1. The summed E-state index contributed by atoms with van der Waals surface area (Å²) in [5.41, 5.74) is 0.544. The molecule has 0 saturated carbocycles. The quantitative estimate of drug-likeness (QED) is 0.793. The van der Waals surface area contributed by atoms with Gasteiger partial charge < -0.3 is 0 Å². The second-order valence-electron chi connectivity index (χ2n) is 4.00. The third-order valence-electron chi connectivity index (χ3n) is 2.41. The van der Waals surface area contributed by atoms with Gasteiger partial charge >= 0.3 is 0 Å². The van der Waals surface area contributed by atoms with Crippen LogP contribution in [0.25, 0.3) is 0 Å². The SMILES string of the molecule is CCCNC(C)(C#N)Cn1nccc1C. The minimum absolute atomic E-state index is 0.535. The van der Waals surface area contributed by atoms with Gasteiger partial charge in [0.15, 0.2) is 0 Å². The van der Waals surface area contributed by atoms with Gasteiger partial charge in [0.1, 0.15) is 5.54 Å². The highest BCUT2D eigenvalue weighted by atomic mass is 15.3. The van der Waals surface area contributed by atoms with Crippen molar-refractivity contribution in [1.82, 2.24) is 15.1 Å². The van der Waals surface area contributed by atoms with Crippen LogP contribution in [0.2, 0.25) is 0 Å². The predicted molar refractivity (Wildman–Crippen MR) is 59.3 cm³/mol. The van der Waals surface area contributed by atoms with Gasteiger partial charge in [-0.3, -0.25) is 10.00 Å². The monoisotopic (exact) mass is 206 g/mol. The Morgan fingerprint density at radius 3 is 2.87 bits per heavy atom. The molecule has 0 aromatic carbocycles. The molecule has 0 aliphatic rings. The molecular formula is C11H18N4. The van der Waals surface area contributed by atoms with Crippen molar-refractivity contribution in [3.8, 4) is 6.07 Å². The molecule has 0 radical (unpaired) electrons. The van der Waals surface area contributed by atoms with Crippen molar-refractivity contribution in [3.63, 3.8) is 0 Å². The van der Waals surface area contributed by atoms with E-state index in [1.807, 2.05) is 24.6 Å². The van der Waals surface area contributed by atoms with Crippen molar-refractivity contribution in [3.05, 3.63) is 18.0 Å². The van der Waals surface area contributed by atoms with Gasteiger partial charge in [-0.2, -0.15) is 10.4 Å². The smallest absolute Gasteiger partial charge is 0.123 e. The molecule has 1 aromatic heterocycles. The largest absolute Gasteiger partial charge is 0.298 e. The van der Waals surface area contributed by atoms with Gasteiger partial charge in [-0.25, -0.2) is 0 Å². The molecule has 15 heavy (non-hydrogen) atoms. The zero-order chi connectivity index (χ0) is 11.3. The average Bonchev–Trinajstić information content (AvgIpc) is 2.61. The Bertz CT molecular complexity index is 350. The molecule has 0 spiro atoms. The fourth-order valence-corrected chi connectivity index (χ4v) is 1.40. The molecule has 4 heteroatoms. The summed E-state index contributed by atoms with van der Waals surface area (Å²) in [6.07, 6.45) is 2.78. The summed E-state index contributed by atoms with van der Waals surface area (Å²) in [7, 11) is 0. The summed E-state index contributed by atoms with van der Waals surface area (Å²) in [4.78, 5) is 0. The van der Waals surface area contributed by atoms with Gasteiger partial charge in [-0.15, -0.1) is 0 Å². The number of rotatable bonds is 5. The second kappa shape index (κ2) is 4.94. The van der Waals surface area contributed by atoms with E-state index >= 15 is 0 Å². The van der Waals surface area contributed by atoms with E-state index in [1.54, 1.807) is 6.20 Å². The Balaban J connectivity index is 2.69. The van der Waals surface area contributed by atoms with Crippen LogP contribution in [0.5, 0.6) is 0 Å². The van der Waals surface area contributed by atoms with Crippen molar-refractivity contribution in [2.75, 3.05) is 6.54 Å². The lowest BCUT2D eigenvalue weighted by Gasteiger charge is -2.23. The average molecular weight is 206 g/mol. The first-order chi connectivity index (χ1) is 7.11. The van der Waals surface area contributed by atoms with Gasteiger partial charge in [0.05, 0.1) is 12.6 Å². The van der Waals surface area contributed by atoms with Crippen LogP contribution in [-0.2, 0) is 6.54 Å². The number of nitrogens with zero attached hydrogens (tertiary/aromatic N) is 3. The van der Waals surface area contributed by atoms with E-state index in [0.717, 1.165) is 18.7 Å². The van der Waals surface area contributed by atoms with Crippen LogP contribution in [0, 0.1) is 18.3 Å². The molecule has 0 aliphatic carbocycles. The Morgan fingerprint density at radius 1 is 1.67 bits per heavy atom. The third kappa shape index (κ3) is 3.07. The van der Waals surface area contributed by atoms with Gasteiger partial charge in [-0.1, -0.05) is 6.92 Å². The number of nitrogens with one attached hydrogen (secondary N) is 1. The molecule has 1 unspecified atom stereocenters. The molecule has 0 fully saturated rings. The van der Waals surface area contributed by atoms with Crippen LogP contribution in [0.15, 0.2) is 12.3 Å². The minimum atomic E-state index is -0.535. The van der Waals surface area contributed by atoms with E-state index in [0.29, 0.717) is 6.54 Å². The summed E-state index contributed by atoms with van der Waals surface area (Å²) in [5.74, 6) is 0. The molecule has 1 atom stereocenters. The van der Waals surface area contributed by atoms with E-state index in [9.17, 15) is 0 Å². The molecule has 1 rings (SSSR count). The maximum Gasteiger partial charge on any atom is 0.123 e. The van der Waals surface area contributed by atoms with Crippen LogP contribution < -0.4 is 5.32 Å². The number of hydrogen-bond donors (Lipinski definition) is 1. The first-order valence-electron chi connectivity index (χ1n) is 5.26. The Morgan fingerprint density at radius 2 is 2.40 bits per heavy atom. The number of aryl methyl sites for hydroxylation is 1. The predicted octanol–water partition coefficient (Wildman–Crippen LogP) is 1.47. The minimum Gasteiger partial charge on any atom is -0.298 e. The topological polar surface area (TPSA) is 53.6 Å². The van der Waals surface area contributed by atoms with E-state index in [-0.39, 0.29) is 0 Å². The normalized spacial score (nSPS) is 14.5. The highest BCUT2D eigenvalue weighted by Crippen LogP contribution is 2.08. The molecule has 0 amide bonds. The number of hydrogen-bond acceptors (Lipinski definition) is 3. The highest BCUT2D eigenvalue weighted by Gasteiger charge is 2.24. The van der Waals surface area contributed by atoms with E-state index in [2.05, 4.69) is 23.4 Å². The lowest BCUT2D eigenvalue weighted by molar-refractivity contribution is 0.367. The van der Waals surface area contributed by atoms with Gasteiger partial charge in [0, 0.05) is 11.9 Å². The molecule has 1 aromatic rings. The van der Waals surface area contributed by atoms with Crippen LogP contribution in [-0.4, -0.2) is 21.9 Å². The fourth-order valence-electron chi connectivity index (χ4n) is 1.40. The van der Waals surface area contributed by atoms with Crippen molar-refractivity contribution >= 4 is 0 Å². The third-order valence-corrected chi connectivity index (χ3v) is 2.41. The van der Waals surface area contributed by atoms with Crippen molar-refractivity contribution in [2.45, 2.75) is 39.3 Å². The van der Waals surface area contributed by atoms with Gasteiger partial charge in [-0.05, 0) is 32.9 Å². The summed E-state index contributed by atoms with van der Waals surface area (Å²) < 4.78 is 1.85. The van der Waals surface area contributed by atoms with Crippen LogP contribution >= 0.6 is 0 Å². The standard InChI is InChI=1S/C11H18N4/c1-4-6-13-11(3,8-12)9-15-10(2)5-7-14-15/h5,7,13H,4,6,9H2,1-3H3. The molecule has 0 bridgehead atoms. The maximum atomic E-state index is 9.15. The Kier molecular flexibility index (Phi) is 3.87. The lowest BCUT2D eigenvalue weighted by atomic mass is 10.0. The molecule has 0 saturated heterocycles. The van der Waals surface area contributed by atoms with Crippen molar-refractivity contribution in [2.24, 2.45) is 0 Å². The Labute approximate surface area is 90.9 Å². The molecule has 1 heterocycles. The van der Waals surface area contributed by atoms with Crippen LogP contribution in [0.3, 0.4) is 0 Å². The molecule has 82 valence electrons. The molecule has 1 N–H and O–H groups in total. The first kappa shape index (κ1) is 11.7. The summed E-state index contributed by atoms with van der Waals surface area (Å²) in [6.45, 7) is 7.42. The molecular weight excluding hydrogens is 188 g/mol. The molecule has 4 nitrogen and oxygen atoms in total. The van der Waals surface area contributed by atoms with E-state index < -0.39 is 5.54 Å². The van der Waals surface area contributed by atoms with Crippen molar-refractivity contribution < 1.29 is 0 Å².